The number of aryl methyl sites for hydroxylation is 1. The fraction of sp³-hybridized carbons (Fsp3) is 0.542. The Balaban J connectivity index is 1.45. The van der Waals surface area contributed by atoms with Crippen LogP contribution in [0.1, 0.15) is 61.3 Å². The molecule has 2 aliphatic rings. The van der Waals surface area contributed by atoms with Gasteiger partial charge in [0.25, 0.3) is 5.56 Å². The van der Waals surface area contributed by atoms with Gasteiger partial charge in [0.1, 0.15) is 10.6 Å². The molecule has 1 atom stereocenters. The van der Waals surface area contributed by atoms with E-state index in [1.54, 1.807) is 29.5 Å². The van der Waals surface area contributed by atoms with E-state index in [2.05, 4.69) is 6.92 Å². The van der Waals surface area contributed by atoms with Crippen LogP contribution in [0, 0.1) is 5.92 Å². The number of fused-ring (bicyclic) bond motifs is 3. The lowest BCUT2D eigenvalue weighted by atomic mass is 9.89. The van der Waals surface area contributed by atoms with Gasteiger partial charge in [0.05, 0.1) is 23.9 Å². The van der Waals surface area contributed by atoms with Crippen LogP contribution in [0.25, 0.3) is 10.2 Å². The van der Waals surface area contributed by atoms with Gasteiger partial charge in [0.2, 0.25) is 5.91 Å². The summed E-state index contributed by atoms with van der Waals surface area (Å²) < 4.78 is 7.28. The van der Waals surface area contributed by atoms with Crippen molar-refractivity contribution < 1.29 is 9.21 Å². The Morgan fingerprint density at radius 1 is 1.34 bits per heavy atom. The zero-order valence-corrected chi connectivity index (χ0v) is 20.3. The average Bonchev–Trinajstić information content (AvgIpc) is 3.52. The normalized spacial score (nSPS) is 18.9. The molecule has 5 rings (SSSR count). The van der Waals surface area contributed by atoms with Crippen LogP contribution >= 0.6 is 23.1 Å². The first-order valence-corrected chi connectivity index (χ1v) is 13.3. The monoisotopic (exact) mass is 471 g/mol. The first-order chi connectivity index (χ1) is 15.5. The van der Waals surface area contributed by atoms with Gasteiger partial charge in [-0.3, -0.25) is 14.2 Å². The predicted octanol–water partition coefficient (Wildman–Crippen LogP) is 5.04. The van der Waals surface area contributed by atoms with Gasteiger partial charge in [0.15, 0.2) is 5.16 Å². The Morgan fingerprint density at radius 3 is 2.91 bits per heavy atom. The smallest absolute Gasteiger partial charge is 0.263 e. The van der Waals surface area contributed by atoms with Crippen molar-refractivity contribution in [2.24, 2.45) is 5.92 Å². The van der Waals surface area contributed by atoms with Crippen LogP contribution < -0.4 is 5.56 Å². The number of thiophene rings is 1. The summed E-state index contributed by atoms with van der Waals surface area (Å²) in [6, 6.07) is 3.88. The number of rotatable bonds is 6. The van der Waals surface area contributed by atoms with Crippen molar-refractivity contribution in [2.45, 2.75) is 69.6 Å². The molecule has 8 heteroatoms. The Hall–Kier alpha value is -2.06. The quantitative estimate of drug-likeness (QED) is 0.372. The molecule has 1 unspecified atom stereocenters. The molecule has 0 radical (unpaired) electrons. The van der Waals surface area contributed by atoms with Gasteiger partial charge in [-0.1, -0.05) is 31.5 Å². The van der Waals surface area contributed by atoms with Crippen molar-refractivity contribution in [1.29, 1.82) is 0 Å². The number of carbonyl (C=O) groups excluding carboxylic acids is 1. The van der Waals surface area contributed by atoms with Gasteiger partial charge in [-0.15, -0.1) is 11.3 Å². The highest BCUT2D eigenvalue weighted by atomic mass is 32.2. The van der Waals surface area contributed by atoms with Crippen molar-refractivity contribution in [3.63, 3.8) is 0 Å². The van der Waals surface area contributed by atoms with E-state index in [-0.39, 0.29) is 23.3 Å². The Morgan fingerprint density at radius 2 is 2.16 bits per heavy atom. The van der Waals surface area contributed by atoms with Crippen LogP contribution in [-0.2, 0) is 24.2 Å². The van der Waals surface area contributed by atoms with Crippen molar-refractivity contribution in [1.82, 2.24) is 14.5 Å². The second-order valence-corrected chi connectivity index (χ2v) is 11.2. The van der Waals surface area contributed by atoms with E-state index >= 15 is 0 Å². The third kappa shape index (κ3) is 4.15. The number of aromatic nitrogens is 2. The lowest BCUT2D eigenvalue weighted by molar-refractivity contribution is -0.127. The van der Waals surface area contributed by atoms with Crippen molar-refractivity contribution in [3.05, 3.63) is 45.0 Å². The standard InChI is InChI=1S/C24H29N3O3S2/c1-15-9-10-18-19(12-15)32-22-21(18)23(29)27(16-6-3-4-7-16)24(25-22)31-14-20(28)26(2)13-17-8-5-11-30-17/h5,8,11,15-16H,3-4,6-7,9-10,12-14H2,1-2H3. The number of carbonyl (C=O) groups is 1. The molecule has 0 saturated heterocycles. The summed E-state index contributed by atoms with van der Waals surface area (Å²) in [7, 11) is 1.78. The van der Waals surface area contributed by atoms with Gasteiger partial charge < -0.3 is 9.32 Å². The second kappa shape index (κ2) is 9.06. The van der Waals surface area contributed by atoms with E-state index in [9.17, 15) is 9.59 Å². The maximum Gasteiger partial charge on any atom is 0.263 e. The molecule has 3 aromatic rings. The molecule has 1 amide bonds. The molecule has 3 aromatic heterocycles. The summed E-state index contributed by atoms with van der Waals surface area (Å²) in [5, 5.41) is 1.54. The molecule has 2 aliphatic carbocycles. The lowest BCUT2D eigenvalue weighted by Gasteiger charge is -2.20. The molecule has 0 aromatic carbocycles. The second-order valence-electron chi connectivity index (χ2n) is 9.16. The molecule has 0 bridgehead atoms. The summed E-state index contributed by atoms with van der Waals surface area (Å²) in [6.07, 6.45) is 9.07. The van der Waals surface area contributed by atoms with Crippen LogP contribution in [0.3, 0.4) is 0 Å². The zero-order valence-electron chi connectivity index (χ0n) is 18.6. The highest BCUT2D eigenvalue weighted by molar-refractivity contribution is 7.99. The van der Waals surface area contributed by atoms with Gasteiger partial charge in [0, 0.05) is 18.0 Å². The van der Waals surface area contributed by atoms with Crippen molar-refractivity contribution in [3.8, 4) is 0 Å². The lowest BCUT2D eigenvalue weighted by Crippen LogP contribution is -2.29. The van der Waals surface area contributed by atoms with Crippen LogP contribution in [0.5, 0.6) is 0 Å². The summed E-state index contributed by atoms with van der Waals surface area (Å²) in [6.45, 7) is 2.72. The minimum Gasteiger partial charge on any atom is -0.467 e. The number of nitrogens with zero attached hydrogens (tertiary/aromatic N) is 3. The van der Waals surface area contributed by atoms with Crippen LogP contribution in [0.4, 0.5) is 0 Å². The SMILES string of the molecule is CC1CCc2c(sc3nc(SCC(=O)N(C)Cc4ccco4)n(C4CCCC4)c(=O)c23)C1. The molecule has 3 heterocycles. The Bertz CT molecular complexity index is 1180. The van der Waals surface area contributed by atoms with Crippen LogP contribution in [0.2, 0.25) is 0 Å². The fourth-order valence-corrected chi connectivity index (χ4v) is 7.36. The molecule has 0 N–H and O–H groups in total. The third-order valence-corrected chi connectivity index (χ3v) is 8.83. The minimum absolute atomic E-state index is 0.00184. The number of hydrogen-bond acceptors (Lipinski definition) is 6. The third-order valence-electron chi connectivity index (χ3n) is 6.74. The maximum atomic E-state index is 13.7. The Labute approximate surface area is 196 Å². The van der Waals surface area contributed by atoms with Crippen LogP contribution in [0.15, 0.2) is 32.8 Å². The highest BCUT2D eigenvalue weighted by Gasteiger charge is 2.28. The van der Waals surface area contributed by atoms with Gasteiger partial charge >= 0.3 is 0 Å². The summed E-state index contributed by atoms with van der Waals surface area (Å²) in [5.74, 6) is 1.66. The number of hydrogen-bond donors (Lipinski definition) is 0. The fourth-order valence-electron chi connectivity index (χ4n) is 4.93. The van der Waals surface area contributed by atoms with Crippen molar-refractivity contribution >= 4 is 39.2 Å². The highest BCUT2D eigenvalue weighted by Crippen LogP contribution is 2.38. The molecule has 170 valence electrons. The molecule has 1 fully saturated rings. The van der Waals surface area contributed by atoms with Gasteiger partial charge in [-0.05, 0) is 55.7 Å². The largest absolute Gasteiger partial charge is 0.467 e. The number of thioether (sulfide) groups is 1. The molecule has 1 saturated carbocycles. The van der Waals surface area contributed by atoms with E-state index in [1.165, 1.54) is 22.2 Å². The van der Waals surface area contributed by atoms with Crippen LogP contribution in [-0.4, -0.2) is 33.2 Å². The Kier molecular flexibility index (Phi) is 6.16. The van der Waals surface area contributed by atoms with E-state index < -0.39 is 0 Å². The molecule has 32 heavy (non-hydrogen) atoms. The average molecular weight is 472 g/mol. The minimum atomic E-state index is -0.00184. The molecular weight excluding hydrogens is 442 g/mol. The summed E-state index contributed by atoms with van der Waals surface area (Å²) in [5.41, 5.74) is 1.34. The topological polar surface area (TPSA) is 68.3 Å². The first kappa shape index (κ1) is 21.8. The van der Waals surface area contributed by atoms with Gasteiger partial charge in [-0.2, -0.15) is 0 Å². The number of furan rings is 1. The van der Waals surface area contributed by atoms with E-state index in [4.69, 9.17) is 9.40 Å². The van der Waals surface area contributed by atoms with E-state index in [1.807, 2.05) is 16.7 Å². The summed E-state index contributed by atoms with van der Waals surface area (Å²) in [4.78, 5) is 35.3. The zero-order chi connectivity index (χ0) is 22.2. The molecular formula is C24H29N3O3S2. The number of amides is 1. The first-order valence-electron chi connectivity index (χ1n) is 11.5. The van der Waals surface area contributed by atoms with Crippen molar-refractivity contribution in [2.75, 3.05) is 12.8 Å². The van der Waals surface area contributed by atoms with E-state index in [0.717, 1.165) is 60.9 Å². The van der Waals surface area contributed by atoms with Gasteiger partial charge in [-0.25, -0.2) is 4.98 Å². The molecule has 0 aliphatic heterocycles. The summed E-state index contributed by atoms with van der Waals surface area (Å²) >= 11 is 3.08. The maximum absolute atomic E-state index is 13.7. The van der Waals surface area contributed by atoms with E-state index in [0.29, 0.717) is 17.6 Å². The molecule has 0 spiro atoms. The predicted molar refractivity (Wildman–Crippen MR) is 128 cm³/mol. The molecule has 6 nitrogen and oxygen atoms in total.